The van der Waals surface area contributed by atoms with Crippen LogP contribution in [0.3, 0.4) is 0 Å². The number of thioether (sulfide) groups is 1. The number of rotatable bonds is 4. The maximum atomic E-state index is 6.05. The van der Waals surface area contributed by atoms with Gasteiger partial charge in [-0.1, -0.05) is 0 Å². The Morgan fingerprint density at radius 2 is 2.38 bits per heavy atom. The Balaban J connectivity index is 2.21. The number of methoxy groups -OCH3 is 1. The normalized spacial score (nSPS) is 43.2. The molecule has 0 amide bonds. The molecule has 16 heavy (non-hydrogen) atoms. The van der Waals surface area contributed by atoms with E-state index in [1.165, 1.54) is 0 Å². The molecule has 2 saturated heterocycles. The van der Waals surface area contributed by atoms with Gasteiger partial charge in [-0.05, 0) is 19.1 Å². The Morgan fingerprint density at radius 1 is 1.56 bits per heavy atom. The van der Waals surface area contributed by atoms with Crippen LogP contribution in [0, 0.1) is 5.92 Å². The first-order chi connectivity index (χ1) is 7.73. The SMILES string of the molecule is [B][C@@H]1O[C@]2(COC)CCSCC1[C@@H]2OCC. The summed E-state index contributed by atoms with van der Waals surface area (Å²) in [6, 6.07) is -0.209. The summed E-state index contributed by atoms with van der Waals surface area (Å²) < 4.78 is 17.2. The summed E-state index contributed by atoms with van der Waals surface area (Å²) in [7, 11) is 7.76. The molecule has 0 aromatic carbocycles. The first kappa shape index (κ1) is 12.7. The number of fused-ring (bicyclic) bond motifs is 2. The van der Waals surface area contributed by atoms with Crippen molar-refractivity contribution in [1.29, 1.82) is 0 Å². The Labute approximate surface area is 103 Å². The van der Waals surface area contributed by atoms with Crippen LogP contribution in [0.15, 0.2) is 0 Å². The Bertz CT molecular complexity index is 241. The molecule has 0 aromatic heterocycles. The zero-order valence-corrected chi connectivity index (χ0v) is 10.8. The molecular formula is C11H19BO3S. The summed E-state index contributed by atoms with van der Waals surface area (Å²) in [5.74, 6) is 2.41. The fraction of sp³-hybridized carbons (Fsp3) is 1.00. The van der Waals surface area contributed by atoms with E-state index < -0.39 is 0 Å². The predicted molar refractivity (Wildman–Crippen MR) is 66.1 cm³/mol. The maximum Gasteiger partial charge on any atom is 0.118 e. The molecule has 2 bridgehead atoms. The van der Waals surface area contributed by atoms with Crippen molar-refractivity contribution in [3.8, 4) is 0 Å². The molecule has 5 heteroatoms. The average Bonchev–Trinajstić information content (AvgIpc) is 2.40. The van der Waals surface area contributed by atoms with Gasteiger partial charge in [0.15, 0.2) is 0 Å². The zero-order valence-electron chi connectivity index (χ0n) is 9.98. The van der Waals surface area contributed by atoms with Crippen LogP contribution in [0.2, 0.25) is 0 Å². The molecular weight excluding hydrogens is 223 g/mol. The third kappa shape index (κ3) is 2.15. The monoisotopic (exact) mass is 242 g/mol. The summed E-state index contributed by atoms with van der Waals surface area (Å²) in [5, 5.41) is 0. The standard InChI is InChI=1S/C11H19BO3S/c1-3-14-9-8-6-16-5-4-11(9,7-13-2)15-10(8)12/h8-10H,3-7H2,1-2H3/t8?,9-,10+,11-/m0/s1. The third-order valence-corrected chi connectivity index (χ3v) is 4.53. The Kier molecular flexibility index (Phi) is 4.22. The van der Waals surface area contributed by atoms with Crippen LogP contribution in [0.4, 0.5) is 0 Å². The van der Waals surface area contributed by atoms with Crippen molar-refractivity contribution < 1.29 is 14.2 Å². The zero-order chi connectivity index (χ0) is 11.6. The highest BCUT2D eigenvalue weighted by Gasteiger charge is 2.54. The fourth-order valence-electron chi connectivity index (χ4n) is 2.72. The van der Waals surface area contributed by atoms with Crippen molar-refractivity contribution in [2.75, 3.05) is 31.8 Å². The molecule has 0 saturated carbocycles. The molecule has 90 valence electrons. The van der Waals surface area contributed by atoms with Gasteiger partial charge in [-0.25, -0.2) is 0 Å². The number of ether oxygens (including phenoxy) is 3. The second kappa shape index (κ2) is 5.30. The lowest BCUT2D eigenvalue weighted by Crippen LogP contribution is -2.47. The van der Waals surface area contributed by atoms with Gasteiger partial charge in [-0.15, -0.1) is 0 Å². The van der Waals surface area contributed by atoms with E-state index in [-0.39, 0.29) is 17.7 Å². The van der Waals surface area contributed by atoms with Crippen molar-refractivity contribution in [3.05, 3.63) is 0 Å². The maximum absolute atomic E-state index is 6.05. The molecule has 4 atom stereocenters. The largest absolute Gasteiger partial charge is 0.382 e. The van der Waals surface area contributed by atoms with Gasteiger partial charge in [0.05, 0.1) is 12.7 Å². The van der Waals surface area contributed by atoms with Crippen LogP contribution < -0.4 is 0 Å². The lowest BCUT2D eigenvalue weighted by molar-refractivity contribution is -0.125. The minimum Gasteiger partial charge on any atom is -0.382 e. The minimum absolute atomic E-state index is 0.0856. The van der Waals surface area contributed by atoms with Gasteiger partial charge in [-0.2, -0.15) is 11.8 Å². The highest BCUT2D eigenvalue weighted by molar-refractivity contribution is 7.99. The van der Waals surface area contributed by atoms with Crippen LogP contribution in [0.25, 0.3) is 0 Å². The molecule has 2 fully saturated rings. The molecule has 0 spiro atoms. The van der Waals surface area contributed by atoms with Crippen LogP contribution in [0.5, 0.6) is 0 Å². The molecule has 2 aliphatic heterocycles. The second-order valence-electron chi connectivity index (χ2n) is 4.44. The molecule has 3 nitrogen and oxygen atoms in total. The van der Waals surface area contributed by atoms with Gasteiger partial charge >= 0.3 is 0 Å². The summed E-state index contributed by atoms with van der Waals surface area (Å²) >= 11 is 1.94. The van der Waals surface area contributed by atoms with E-state index in [4.69, 9.17) is 22.1 Å². The van der Waals surface area contributed by atoms with Gasteiger partial charge in [0.25, 0.3) is 0 Å². The van der Waals surface area contributed by atoms with Crippen LogP contribution >= 0.6 is 11.8 Å². The van der Waals surface area contributed by atoms with E-state index in [9.17, 15) is 0 Å². The fourth-order valence-corrected chi connectivity index (χ4v) is 4.02. The summed E-state index contributed by atoms with van der Waals surface area (Å²) in [4.78, 5) is 0. The predicted octanol–water partition coefficient (Wildman–Crippen LogP) is 1.05. The van der Waals surface area contributed by atoms with Gasteiger partial charge in [0.2, 0.25) is 0 Å². The molecule has 0 aromatic rings. The van der Waals surface area contributed by atoms with E-state index >= 15 is 0 Å². The molecule has 0 aliphatic carbocycles. The smallest absolute Gasteiger partial charge is 0.118 e. The number of hydrogen-bond donors (Lipinski definition) is 0. The van der Waals surface area contributed by atoms with Crippen molar-refractivity contribution >= 4 is 19.6 Å². The van der Waals surface area contributed by atoms with Gasteiger partial charge in [0.1, 0.15) is 13.4 Å². The van der Waals surface area contributed by atoms with Crippen molar-refractivity contribution in [2.45, 2.75) is 31.1 Å². The first-order valence-electron chi connectivity index (χ1n) is 5.85. The van der Waals surface area contributed by atoms with Gasteiger partial charge in [0, 0.05) is 31.4 Å². The van der Waals surface area contributed by atoms with Gasteiger partial charge in [-0.3, -0.25) is 0 Å². The Morgan fingerprint density at radius 3 is 3.06 bits per heavy atom. The molecule has 2 radical (unpaired) electrons. The first-order valence-corrected chi connectivity index (χ1v) is 7.00. The molecule has 2 heterocycles. The molecule has 2 aliphatic rings. The van der Waals surface area contributed by atoms with Gasteiger partial charge < -0.3 is 14.2 Å². The summed E-state index contributed by atoms with van der Waals surface area (Å²) in [6.45, 7) is 3.29. The highest BCUT2D eigenvalue weighted by Crippen LogP contribution is 2.44. The number of hydrogen-bond acceptors (Lipinski definition) is 4. The van der Waals surface area contributed by atoms with Crippen LogP contribution in [-0.4, -0.2) is 57.4 Å². The van der Waals surface area contributed by atoms with E-state index in [1.54, 1.807) is 7.11 Å². The van der Waals surface area contributed by atoms with Crippen molar-refractivity contribution in [1.82, 2.24) is 0 Å². The van der Waals surface area contributed by atoms with Crippen LogP contribution in [0.1, 0.15) is 13.3 Å². The lowest BCUT2D eigenvalue weighted by Gasteiger charge is -2.33. The molecule has 2 rings (SSSR count). The quantitative estimate of drug-likeness (QED) is 0.689. The highest BCUT2D eigenvalue weighted by atomic mass is 32.2. The van der Waals surface area contributed by atoms with E-state index in [2.05, 4.69) is 0 Å². The van der Waals surface area contributed by atoms with E-state index in [0.29, 0.717) is 19.1 Å². The lowest BCUT2D eigenvalue weighted by atomic mass is 9.82. The van der Waals surface area contributed by atoms with Crippen molar-refractivity contribution in [3.63, 3.8) is 0 Å². The van der Waals surface area contributed by atoms with Crippen LogP contribution in [-0.2, 0) is 14.2 Å². The van der Waals surface area contributed by atoms with E-state index in [1.807, 2.05) is 18.7 Å². The average molecular weight is 242 g/mol. The third-order valence-electron chi connectivity index (χ3n) is 3.41. The second-order valence-corrected chi connectivity index (χ2v) is 5.59. The molecule has 0 N–H and O–H groups in total. The summed E-state index contributed by atoms with van der Waals surface area (Å²) in [5.41, 5.74) is -0.321. The molecule has 1 unspecified atom stereocenters. The summed E-state index contributed by atoms with van der Waals surface area (Å²) in [6.07, 6.45) is 1.04. The van der Waals surface area contributed by atoms with Crippen molar-refractivity contribution in [2.24, 2.45) is 5.92 Å². The van der Waals surface area contributed by atoms with E-state index in [0.717, 1.165) is 17.9 Å². The Hall–Kier alpha value is 0.295. The topological polar surface area (TPSA) is 27.7 Å². The minimum atomic E-state index is -0.321.